The summed E-state index contributed by atoms with van der Waals surface area (Å²) in [5.74, 6) is -0.289. The summed E-state index contributed by atoms with van der Waals surface area (Å²) in [5, 5.41) is 2.91. The van der Waals surface area contributed by atoms with Gasteiger partial charge >= 0.3 is 6.18 Å². The van der Waals surface area contributed by atoms with E-state index in [0.29, 0.717) is 4.79 Å². The van der Waals surface area contributed by atoms with Crippen LogP contribution in [-0.2, 0) is 11.0 Å². The van der Waals surface area contributed by atoms with Gasteiger partial charge in [-0.2, -0.15) is 13.2 Å². The summed E-state index contributed by atoms with van der Waals surface area (Å²) < 4.78 is 39.6. The topological polar surface area (TPSA) is 64.0 Å². The average Bonchev–Trinajstić information content (AvgIpc) is 3.02. The number of carbonyl (C=O) groups excluding carboxylic acids is 1. The van der Waals surface area contributed by atoms with Gasteiger partial charge in [0.25, 0.3) is 5.56 Å². The van der Waals surface area contributed by atoms with Crippen LogP contribution in [0.25, 0.3) is 10.8 Å². The van der Waals surface area contributed by atoms with Crippen LogP contribution in [-0.4, -0.2) is 15.8 Å². The predicted molar refractivity (Wildman–Crippen MR) is 81.9 cm³/mol. The third-order valence-electron chi connectivity index (χ3n) is 4.25. The van der Waals surface area contributed by atoms with E-state index in [0.717, 1.165) is 25.7 Å². The van der Waals surface area contributed by atoms with Gasteiger partial charge in [-0.3, -0.25) is 9.59 Å². The zero-order chi connectivity index (χ0) is 17.3. The second-order valence-electron chi connectivity index (χ2n) is 6.00. The van der Waals surface area contributed by atoms with Crippen molar-refractivity contribution >= 4 is 16.7 Å². The van der Waals surface area contributed by atoms with Gasteiger partial charge in [-0.05, 0) is 24.8 Å². The Balaban J connectivity index is 1.97. The molecule has 3 rings (SSSR count). The Kier molecular flexibility index (Phi) is 4.29. The molecule has 1 aliphatic rings. The summed E-state index contributed by atoms with van der Waals surface area (Å²) in [6, 6.07) is 5.35. The molecule has 1 saturated carbocycles. The van der Waals surface area contributed by atoms with Gasteiger partial charge in [-0.25, -0.2) is 5.43 Å². The van der Waals surface area contributed by atoms with Crippen molar-refractivity contribution in [3.63, 3.8) is 0 Å². The van der Waals surface area contributed by atoms with E-state index in [2.05, 4.69) is 10.5 Å². The monoisotopic (exact) mass is 339 g/mol. The maximum atomic E-state index is 13.2. The molecule has 0 spiro atoms. The van der Waals surface area contributed by atoms with Crippen LogP contribution in [0, 0.1) is 5.92 Å². The lowest BCUT2D eigenvalue weighted by Gasteiger charge is -2.14. The SMILES string of the molecule is O=C(CC1CCCC1)Nn1nc(C(F)(F)F)c2ccccc2c1=O. The summed E-state index contributed by atoms with van der Waals surface area (Å²) in [5.41, 5.74) is 0.221. The average molecular weight is 339 g/mol. The number of halogens is 3. The zero-order valence-electron chi connectivity index (χ0n) is 12.8. The lowest BCUT2D eigenvalue weighted by atomic mass is 10.0. The number of alkyl halides is 3. The molecule has 0 saturated heterocycles. The molecule has 1 amide bonds. The maximum absolute atomic E-state index is 13.2. The number of rotatable bonds is 3. The fraction of sp³-hybridized carbons (Fsp3) is 0.438. The molecule has 1 aromatic heterocycles. The largest absolute Gasteiger partial charge is 0.435 e. The number of hydrogen-bond acceptors (Lipinski definition) is 3. The summed E-state index contributed by atoms with van der Waals surface area (Å²) in [6.07, 6.45) is -0.620. The van der Waals surface area contributed by atoms with Gasteiger partial charge in [0.15, 0.2) is 5.69 Å². The second kappa shape index (κ2) is 6.26. The van der Waals surface area contributed by atoms with E-state index >= 15 is 0 Å². The standard InChI is InChI=1S/C16H16F3N3O2/c17-16(18,19)14-11-7-3-4-8-12(11)15(24)22(21-14)20-13(23)9-10-5-1-2-6-10/h3-4,7-8,10H,1-2,5-6,9H2,(H,20,23). The van der Waals surface area contributed by atoms with Crippen LogP contribution in [0.5, 0.6) is 0 Å². The minimum Gasteiger partial charge on any atom is -0.273 e. The predicted octanol–water partition coefficient (Wildman–Crippen LogP) is 3.07. The van der Waals surface area contributed by atoms with Crippen LogP contribution in [0.3, 0.4) is 0 Å². The first-order valence-corrected chi connectivity index (χ1v) is 7.75. The van der Waals surface area contributed by atoms with Crippen LogP contribution in [0.4, 0.5) is 13.2 Å². The zero-order valence-corrected chi connectivity index (χ0v) is 12.8. The van der Waals surface area contributed by atoms with Gasteiger partial charge in [-0.15, -0.1) is 9.89 Å². The number of amides is 1. The van der Waals surface area contributed by atoms with Gasteiger partial charge in [0.05, 0.1) is 5.39 Å². The van der Waals surface area contributed by atoms with Gasteiger partial charge in [-0.1, -0.05) is 31.0 Å². The molecule has 8 heteroatoms. The maximum Gasteiger partial charge on any atom is 0.435 e. The molecule has 24 heavy (non-hydrogen) atoms. The van der Waals surface area contributed by atoms with Crippen LogP contribution < -0.4 is 11.0 Å². The Bertz CT molecular complexity index is 823. The smallest absolute Gasteiger partial charge is 0.273 e. The number of hydrogen-bond donors (Lipinski definition) is 1. The number of carbonyl (C=O) groups is 1. The van der Waals surface area contributed by atoms with Gasteiger partial charge in [0.1, 0.15) is 0 Å². The molecule has 128 valence electrons. The van der Waals surface area contributed by atoms with Crippen molar-refractivity contribution in [3.8, 4) is 0 Å². The molecule has 1 fully saturated rings. The van der Waals surface area contributed by atoms with Crippen molar-refractivity contribution in [2.75, 3.05) is 5.43 Å². The molecule has 1 aliphatic carbocycles. The normalized spacial score (nSPS) is 15.8. The van der Waals surface area contributed by atoms with Gasteiger partial charge in [0.2, 0.25) is 5.91 Å². The lowest BCUT2D eigenvalue weighted by Crippen LogP contribution is -2.37. The van der Waals surface area contributed by atoms with E-state index < -0.39 is 23.3 Å². The second-order valence-corrected chi connectivity index (χ2v) is 6.00. The molecule has 5 nitrogen and oxygen atoms in total. The summed E-state index contributed by atoms with van der Waals surface area (Å²) >= 11 is 0. The Morgan fingerprint density at radius 1 is 1.21 bits per heavy atom. The third-order valence-corrected chi connectivity index (χ3v) is 4.25. The van der Waals surface area contributed by atoms with E-state index in [1.807, 2.05) is 0 Å². The molecule has 1 N–H and O–H groups in total. The molecule has 1 aromatic carbocycles. The number of benzene rings is 1. The fourth-order valence-electron chi connectivity index (χ4n) is 3.12. The summed E-state index contributed by atoms with van der Waals surface area (Å²) in [4.78, 5) is 24.7. The van der Waals surface area contributed by atoms with Crippen molar-refractivity contribution in [2.24, 2.45) is 5.92 Å². The Hall–Kier alpha value is -2.38. The van der Waals surface area contributed by atoms with Crippen molar-refractivity contribution in [3.05, 3.63) is 40.3 Å². The molecule has 0 radical (unpaired) electrons. The fourth-order valence-corrected chi connectivity index (χ4v) is 3.12. The summed E-state index contributed by atoms with van der Waals surface area (Å²) in [6.45, 7) is 0. The van der Waals surface area contributed by atoms with E-state index in [-0.39, 0.29) is 23.1 Å². The van der Waals surface area contributed by atoms with Crippen LogP contribution in [0.15, 0.2) is 29.1 Å². The van der Waals surface area contributed by atoms with Crippen molar-refractivity contribution in [1.29, 1.82) is 0 Å². The molecule has 0 atom stereocenters. The highest BCUT2D eigenvalue weighted by Gasteiger charge is 2.36. The van der Waals surface area contributed by atoms with E-state index in [1.165, 1.54) is 24.3 Å². The minimum atomic E-state index is -4.73. The highest BCUT2D eigenvalue weighted by atomic mass is 19.4. The van der Waals surface area contributed by atoms with E-state index in [9.17, 15) is 22.8 Å². The lowest BCUT2D eigenvalue weighted by molar-refractivity contribution is -0.141. The first-order chi connectivity index (χ1) is 11.4. The van der Waals surface area contributed by atoms with Crippen molar-refractivity contribution < 1.29 is 18.0 Å². The minimum absolute atomic E-state index is 0.138. The molecule has 1 heterocycles. The van der Waals surface area contributed by atoms with Crippen molar-refractivity contribution in [2.45, 2.75) is 38.3 Å². The van der Waals surface area contributed by atoms with E-state index in [4.69, 9.17) is 0 Å². The highest BCUT2D eigenvalue weighted by Crippen LogP contribution is 2.31. The number of fused-ring (bicyclic) bond motifs is 1. The first kappa shape index (κ1) is 16.5. The number of nitrogens with one attached hydrogen (secondary N) is 1. The Labute approximate surface area is 135 Å². The Morgan fingerprint density at radius 3 is 2.46 bits per heavy atom. The molecular weight excluding hydrogens is 323 g/mol. The molecule has 2 aromatic rings. The molecule has 0 unspecified atom stereocenters. The van der Waals surface area contributed by atoms with Crippen LogP contribution >= 0.6 is 0 Å². The molecular formula is C16H16F3N3O2. The third kappa shape index (κ3) is 3.27. The number of aromatic nitrogens is 2. The van der Waals surface area contributed by atoms with Crippen molar-refractivity contribution in [1.82, 2.24) is 9.89 Å². The quantitative estimate of drug-likeness (QED) is 0.935. The Morgan fingerprint density at radius 2 is 1.83 bits per heavy atom. The van der Waals surface area contributed by atoms with E-state index in [1.54, 1.807) is 0 Å². The summed E-state index contributed by atoms with van der Waals surface area (Å²) in [7, 11) is 0. The first-order valence-electron chi connectivity index (χ1n) is 7.75. The molecule has 0 aliphatic heterocycles. The van der Waals surface area contributed by atoms with Crippen LogP contribution in [0.2, 0.25) is 0 Å². The van der Waals surface area contributed by atoms with Gasteiger partial charge in [0, 0.05) is 11.8 Å². The van der Waals surface area contributed by atoms with Crippen LogP contribution in [0.1, 0.15) is 37.8 Å². The van der Waals surface area contributed by atoms with Gasteiger partial charge < -0.3 is 0 Å². The number of nitrogens with zero attached hydrogens (tertiary/aromatic N) is 2. The highest BCUT2D eigenvalue weighted by molar-refractivity contribution is 5.86. The molecule has 0 bridgehead atoms.